The minimum atomic E-state index is -0.886. The Morgan fingerprint density at radius 3 is 2.61 bits per heavy atom. The van der Waals surface area contributed by atoms with Gasteiger partial charge in [-0.3, -0.25) is 9.59 Å². The highest BCUT2D eigenvalue weighted by molar-refractivity contribution is 7.09. The summed E-state index contributed by atoms with van der Waals surface area (Å²) in [5.74, 6) is -1.03. The number of aryl methyl sites for hydroxylation is 1. The first-order chi connectivity index (χ1) is 8.28. The molecule has 0 aliphatic rings. The van der Waals surface area contributed by atoms with E-state index in [1.54, 1.807) is 13.8 Å². The van der Waals surface area contributed by atoms with Gasteiger partial charge in [-0.05, 0) is 12.3 Å². The van der Waals surface area contributed by atoms with Gasteiger partial charge in [0.1, 0.15) is 0 Å². The van der Waals surface area contributed by atoms with Crippen LogP contribution in [0.5, 0.6) is 0 Å². The van der Waals surface area contributed by atoms with Crippen molar-refractivity contribution in [3.05, 3.63) is 16.1 Å². The zero-order chi connectivity index (χ0) is 13.8. The number of nitrogens with zero attached hydrogens (tertiary/aromatic N) is 1. The van der Waals surface area contributed by atoms with Gasteiger partial charge in [-0.25, -0.2) is 4.98 Å². The number of rotatable bonds is 6. The second-order valence-electron chi connectivity index (χ2n) is 5.05. The largest absolute Gasteiger partial charge is 0.481 e. The lowest BCUT2D eigenvalue weighted by atomic mass is 9.85. The zero-order valence-electron chi connectivity index (χ0n) is 10.8. The lowest BCUT2D eigenvalue weighted by molar-refractivity contribution is -0.139. The molecule has 0 aliphatic carbocycles. The number of hydrogen-bond acceptors (Lipinski definition) is 4. The Morgan fingerprint density at radius 2 is 2.11 bits per heavy atom. The molecule has 0 atom stereocenters. The summed E-state index contributed by atoms with van der Waals surface area (Å²) in [6.45, 7) is 5.85. The van der Waals surface area contributed by atoms with E-state index in [-0.39, 0.29) is 18.7 Å². The average Bonchev–Trinajstić information content (AvgIpc) is 2.58. The summed E-state index contributed by atoms with van der Waals surface area (Å²) >= 11 is 1.54. The second-order valence-corrected chi connectivity index (χ2v) is 6.11. The summed E-state index contributed by atoms with van der Waals surface area (Å²) in [5.41, 5.74) is 0.301. The molecule has 5 nitrogen and oxygen atoms in total. The SMILES string of the molecule is Cc1nc(CNC(=O)CC(C)(C)CC(=O)O)cs1. The van der Waals surface area contributed by atoms with E-state index in [1.807, 2.05) is 12.3 Å². The standard InChI is InChI=1S/C12H18N2O3S/c1-8-14-9(7-18-8)6-13-10(15)4-12(2,3)5-11(16)17/h7H,4-6H2,1-3H3,(H,13,15)(H,16,17). The maximum Gasteiger partial charge on any atom is 0.303 e. The summed E-state index contributed by atoms with van der Waals surface area (Å²) in [5, 5.41) is 14.4. The maximum absolute atomic E-state index is 11.7. The number of carboxylic acids is 1. The summed E-state index contributed by atoms with van der Waals surface area (Å²) in [6.07, 6.45) is 0.179. The third-order valence-corrected chi connectivity index (χ3v) is 3.22. The van der Waals surface area contributed by atoms with Crippen molar-refractivity contribution in [1.29, 1.82) is 0 Å². The molecule has 0 aliphatic heterocycles. The van der Waals surface area contributed by atoms with Gasteiger partial charge in [-0.2, -0.15) is 0 Å². The summed E-state index contributed by atoms with van der Waals surface area (Å²) in [6, 6.07) is 0. The van der Waals surface area contributed by atoms with Crippen LogP contribution in [0.4, 0.5) is 0 Å². The third kappa shape index (κ3) is 5.27. The van der Waals surface area contributed by atoms with Crippen molar-refractivity contribution in [2.45, 2.75) is 40.2 Å². The Hall–Kier alpha value is -1.43. The summed E-state index contributed by atoms with van der Waals surface area (Å²) in [4.78, 5) is 26.6. The minimum absolute atomic E-state index is 0.0176. The van der Waals surface area contributed by atoms with Crippen molar-refractivity contribution >= 4 is 23.2 Å². The van der Waals surface area contributed by atoms with Crippen molar-refractivity contribution in [3.63, 3.8) is 0 Å². The van der Waals surface area contributed by atoms with E-state index in [4.69, 9.17) is 5.11 Å². The molecule has 1 aromatic heterocycles. The zero-order valence-corrected chi connectivity index (χ0v) is 11.6. The topological polar surface area (TPSA) is 79.3 Å². The van der Waals surface area contributed by atoms with Crippen LogP contribution in [-0.2, 0) is 16.1 Å². The fourth-order valence-electron chi connectivity index (χ4n) is 1.65. The van der Waals surface area contributed by atoms with E-state index in [0.717, 1.165) is 10.7 Å². The van der Waals surface area contributed by atoms with Gasteiger partial charge in [-0.15, -0.1) is 11.3 Å². The van der Waals surface area contributed by atoms with Gasteiger partial charge in [0.25, 0.3) is 0 Å². The molecule has 6 heteroatoms. The highest BCUT2D eigenvalue weighted by Crippen LogP contribution is 2.24. The molecule has 100 valence electrons. The van der Waals surface area contributed by atoms with Crippen LogP contribution in [0.25, 0.3) is 0 Å². The van der Waals surface area contributed by atoms with Crippen molar-refractivity contribution in [2.24, 2.45) is 5.41 Å². The van der Waals surface area contributed by atoms with Crippen LogP contribution >= 0.6 is 11.3 Å². The van der Waals surface area contributed by atoms with E-state index in [2.05, 4.69) is 10.3 Å². The number of thiazole rings is 1. The Labute approximate surface area is 110 Å². The highest BCUT2D eigenvalue weighted by atomic mass is 32.1. The molecule has 1 aromatic rings. The molecular formula is C12H18N2O3S. The molecule has 0 saturated heterocycles. The van der Waals surface area contributed by atoms with Crippen molar-refractivity contribution in [2.75, 3.05) is 0 Å². The first-order valence-corrected chi connectivity index (χ1v) is 6.56. The van der Waals surface area contributed by atoms with E-state index in [9.17, 15) is 9.59 Å². The third-order valence-electron chi connectivity index (χ3n) is 2.40. The van der Waals surface area contributed by atoms with Crippen molar-refractivity contribution in [3.8, 4) is 0 Å². The number of amides is 1. The molecular weight excluding hydrogens is 252 g/mol. The smallest absolute Gasteiger partial charge is 0.303 e. The van der Waals surface area contributed by atoms with Crippen molar-refractivity contribution in [1.82, 2.24) is 10.3 Å². The Kier molecular flexibility index (Phi) is 4.84. The van der Waals surface area contributed by atoms with Gasteiger partial charge in [-0.1, -0.05) is 13.8 Å². The van der Waals surface area contributed by atoms with E-state index >= 15 is 0 Å². The van der Waals surface area contributed by atoms with Crippen LogP contribution in [0, 0.1) is 12.3 Å². The maximum atomic E-state index is 11.7. The van der Waals surface area contributed by atoms with Gasteiger partial charge in [0.2, 0.25) is 5.91 Å². The molecule has 0 saturated carbocycles. The molecule has 1 heterocycles. The first kappa shape index (κ1) is 14.6. The van der Waals surface area contributed by atoms with E-state index in [0.29, 0.717) is 6.54 Å². The number of carboxylic acid groups (broad SMARTS) is 1. The molecule has 0 aromatic carbocycles. The number of carbonyl (C=O) groups is 2. The molecule has 0 bridgehead atoms. The van der Waals surface area contributed by atoms with Gasteiger partial charge in [0.05, 0.1) is 23.7 Å². The lowest BCUT2D eigenvalue weighted by Crippen LogP contribution is -2.29. The highest BCUT2D eigenvalue weighted by Gasteiger charge is 2.25. The summed E-state index contributed by atoms with van der Waals surface area (Å²) < 4.78 is 0. The molecule has 1 rings (SSSR count). The fourth-order valence-corrected chi connectivity index (χ4v) is 2.26. The quantitative estimate of drug-likeness (QED) is 0.828. The Bertz CT molecular complexity index is 440. The normalized spacial score (nSPS) is 11.3. The Morgan fingerprint density at radius 1 is 1.44 bits per heavy atom. The number of aromatic nitrogens is 1. The minimum Gasteiger partial charge on any atom is -0.481 e. The molecule has 0 fully saturated rings. The number of carbonyl (C=O) groups excluding carboxylic acids is 1. The fraction of sp³-hybridized carbons (Fsp3) is 0.583. The van der Waals surface area contributed by atoms with Crippen molar-refractivity contribution < 1.29 is 14.7 Å². The molecule has 2 N–H and O–H groups in total. The molecule has 1 amide bonds. The Balaban J connectivity index is 2.39. The van der Waals surface area contributed by atoms with Gasteiger partial charge >= 0.3 is 5.97 Å². The molecule has 0 radical (unpaired) electrons. The molecule has 18 heavy (non-hydrogen) atoms. The van der Waals surface area contributed by atoms with Crippen LogP contribution in [-0.4, -0.2) is 22.0 Å². The van der Waals surface area contributed by atoms with Crippen LogP contribution in [0.1, 0.15) is 37.4 Å². The van der Waals surface area contributed by atoms with Gasteiger partial charge < -0.3 is 10.4 Å². The second kappa shape index (κ2) is 5.95. The van der Waals surface area contributed by atoms with Crippen LogP contribution in [0.2, 0.25) is 0 Å². The first-order valence-electron chi connectivity index (χ1n) is 5.68. The van der Waals surface area contributed by atoms with E-state index < -0.39 is 11.4 Å². The van der Waals surface area contributed by atoms with Gasteiger partial charge in [0, 0.05) is 11.8 Å². The molecule has 0 unspecified atom stereocenters. The number of nitrogens with one attached hydrogen (secondary N) is 1. The monoisotopic (exact) mass is 270 g/mol. The van der Waals surface area contributed by atoms with Crippen LogP contribution in [0.15, 0.2) is 5.38 Å². The predicted molar refractivity (Wildman–Crippen MR) is 69.3 cm³/mol. The summed E-state index contributed by atoms with van der Waals surface area (Å²) in [7, 11) is 0. The van der Waals surface area contributed by atoms with Crippen LogP contribution < -0.4 is 5.32 Å². The van der Waals surface area contributed by atoms with Crippen LogP contribution in [0.3, 0.4) is 0 Å². The predicted octanol–water partition coefficient (Wildman–Crippen LogP) is 1.96. The van der Waals surface area contributed by atoms with E-state index in [1.165, 1.54) is 11.3 Å². The number of aliphatic carboxylic acids is 1. The number of hydrogen-bond donors (Lipinski definition) is 2. The average molecular weight is 270 g/mol. The van der Waals surface area contributed by atoms with Gasteiger partial charge in [0.15, 0.2) is 0 Å². The molecule has 0 spiro atoms. The lowest BCUT2D eigenvalue weighted by Gasteiger charge is -2.21.